The number of allylic oxidation sites excluding steroid dienone is 1. The van der Waals surface area contributed by atoms with E-state index in [1.807, 2.05) is 6.08 Å². The normalized spacial score (nSPS) is 19.3. The van der Waals surface area contributed by atoms with Gasteiger partial charge in [0.15, 0.2) is 0 Å². The summed E-state index contributed by atoms with van der Waals surface area (Å²) in [6.45, 7) is 12.2. The lowest BCUT2D eigenvalue weighted by Crippen LogP contribution is -2.37. The van der Waals surface area contributed by atoms with E-state index < -0.39 is 0 Å². The van der Waals surface area contributed by atoms with Crippen LogP contribution in [0.1, 0.15) is 32.6 Å². The Morgan fingerprint density at radius 1 is 1.40 bits per heavy atom. The molecule has 88 valence electrons. The summed E-state index contributed by atoms with van der Waals surface area (Å²) in [7, 11) is 0. The van der Waals surface area contributed by atoms with Gasteiger partial charge in [-0.3, -0.25) is 0 Å². The van der Waals surface area contributed by atoms with Crippen molar-refractivity contribution in [1.82, 2.24) is 10.2 Å². The van der Waals surface area contributed by atoms with E-state index in [4.69, 9.17) is 0 Å². The van der Waals surface area contributed by atoms with Crippen LogP contribution in [0.15, 0.2) is 12.7 Å². The Morgan fingerprint density at radius 3 is 2.73 bits per heavy atom. The molecular weight excluding hydrogens is 184 g/mol. The molecule has 0 aromatic heterocycles. The van der Waals surface area contributed by atoms with Crippen molar-refractivity contribution in [2.24, 2.45) is 5.92 Å². The number of nitrogens with one attached hydrogen (secondary N) is 1. The second kappa shape index (κ2) is 7.89. The Labute approximate surface area is 94.7 Å². The molecule has 0 aromatic carbocycles. The summed E-state index contributed by atoms with van der Waals surface area (Å²) in [5, 5.41) is 3.56. The van der Waals surface area contributed by atoms with Gasteiger partial charge in [-0.15, -0.1) is 6.58 Å². The first-order chi connectivity index (χ1) is 7.36. The predicted molar refractivity (Wildman–Crippen MR) is 67.1 cm³/mol. The van der Waals surface area contributed by atoms with Crippen LogP contribution < -0.4 is 5.32 Å². The van der Waals surface area contributed by atoms with E-state index in [-0.39, 0.29) is 0 Å². The molecule has 2 heteroatoms. The number of unbranched alkanes of at least 4 members (excludes halogenated alkanes) is 1. The maximum Gasteiger partial charge on any atom is -0.00157 e. The summed E-state index contributed by atoms with van der Waals surface area (Å²) < 4.78 is 0. The van der Waals surface area contributed by atoms with Crippen LogP contribution in [-0.2, 0) is 0 Å². The third-order valence-corrected chi connectivity index (χ3v) is 3.35. The van der Waals surface area contributed by atoms with E-state index in [1.54, 1.807) is 0 Å². The molecule has 1 heterocycles. The zero-order chi connectivity index (χ0) is 10.9. The smallest absolute Gasteiger partial charge is 0.00157 e. The van der Waals surface area contributed by atoms with E-state index in [1.165, 1.54) is 45.4 Å². The summed E-state index contributed by atoms with van der Waals surface area (Å²) in [4.78, 5) is 2.55. The highest BCUT2D eigenvalue weighted by Crippen LogP contribution is 2.15. The minimum absolute atomic E-state index is 0.913. The third kappa shape index (κ3) is 5.33. The van der Waals surface area contributed by atoms with Gasteiger partial charge in [0.05, 0.1) is 0 Å². The Morgan fingerprint density at radius 2 is 2.13 bits per heavy atom. The second-order valence-electron chi connectivity index (χ2n) is 4.51. The van der Waals surface area contributed by atoms with Crippen molar-refractivity contribution in [3.63, 3.8) is 0 Å². The Balaban J connectivity index is 1.96. The molecule has 1 saturated heterocycles. The van der Waals surface area contributed by atoms with Gasteiger partial charge < -0.3 is 10.2 Å². The van der Waals surface area contributed by atoms with Gasteiger partial charge in [0, 0.05) is 0 Å². The molecule has 0 bridgehead atoms. The van der Waals surface area contributed by atoms with Gasteiger partial charge in [-0.2, -0.15) is 0 Å². The first-order valence-corrected chi connectivity index (χ1v) is 6.40. The fraction of sp³-hybridized carbons (Fsp3) is 0.846. The fourth-order valence-corrected chi connectivity index (χ4v) is 2.18. The van der Waals surface area contributed by atoms with Gasteiger partial charge in [-0.05, 0) is 64.3 Å². The van der Waals surface area contributed by atoms with Gasteiger partial charge in [-0.1, -0.05) is 13.0 Å². The van der Waals surface area contributed by atoms with Gasteiger partial charge in [-0.25, -0.2) is 0 Å². The Hall–Kier alpha value is -0.340. The van der Waals surface area contributed by atoms with Crippen molar-refractivity contribution in [1.29, 1.82) is 0 Å². The second-order valence-corrected chi connectivity index (χ2v) is 4.51. The van der Waals surface area contributed by atoms with Crippen LogP contribution in [0.3, 0.4) is 0 Å². The monoisotopic (exact) mass is 210 g/mol. The van der Waals surface area contributed by atoms with Crippen LogP contribution in [0.4, 0.5) is 0 Å². The van der Waals surface area contributed by atoms with E-state index in [0.717, 1.165) is 18.9 Å². The number of hydrogen-bond acceptors (Lipinski definition) is 2. The summed E-state index contributed by atoms with van der Waals surface area (Å²) in [6.07, 6.45) is 7.13. The molecule has 0 aromatic rings. The minimum atomic E-state index is 0.913. The number of piperidine rings is 1. The SMILES string of the molecule is C=CCCCNCC1CCN(CC)CC1. The van der Waals surface area contributed by atoms with Crippen LogP contribution in [-0.4, -0.2) is 37.6 Å². The average molecular weight is 210 g/mol. The molecule has 1 fully saturated rings. The van der Waals surface area contributed by atoms with E-state index in [2.05, 4.69) is 23.7 Å². The van der Waals surface area contributed by atoms with E-state index >= 15 is 0 Å². The standard InChI is InChI=1S/C13H26N2/c1-3-5-6-9-14-12-13-7-10-15(4-2)11-8-13/h3,13-14H,1,4-12H2,2H3. The largest absolute Gasteiger partial charge is 0.316 e. The van der Waals surface area contributed by atoms with Crippen LogP contribution in [0, 0.1) is 5.92 Å². The highest BCUT2D eigenvalue weighted by molar-refractivity contribution is 4.73. The molecule has 1 aliphatic rings. The zero-order valence-corrected chi connectivity index (χ0v) is 10.2. The van der Waals surface area contributed by atoms with Crippen LogP contribution in [0.25, 0.3) is 0 Å². The highest BCUT2D eigenvalue weighted by Gasteiger charge is 2.16. The molecule has 2 nitrogen and oxygen atoms in total. The minimum Gasteiger partial charge on any atom is -0.316 e. The molecule has 0 aliphatic carbocycles. The van der Waals surface area contributed by atoms with Gasteiger partial charge >= 0.3 is 0 Å². The first-order valence-electron chi connectivity index (χ1n) is 6.40. The van der Waals surface area contributed by atoms with Crippen molar-refractivity contribution < 1.29 is 0 Å². The molecule has 0 unspecified atom stereocenters. The lowest BCUT2D eigenvalue weighted by molar-refractivity contribution is 0.190. The maximum atomic E-state index is 3.73. The fourth-order valence-electron chi connectivity index (χ4n) is 2.18. The molecule has 0 spiro atoms. The molecule has 15 heavy (non-hydrogen) atoms. The first kappa shape index (κ1) is 12.7. The van der Waals surface area contributed by atoms with Crippen LogP contribution in [0.2, 0.25) is 0 Å². The quantitative estimate of drug-likeness (QED) is 0.512. The summed E-state index contributed by atoms with van der Waals surface area (Å²) in [5.74, 6) is 0.913. The zero-order valence-electron chi connectivity index (χ0n) is 10.2. The van der Waals surface area contributed by atoms with Gasteiger partial charge in [0.25, 0.3) is 0 Å². The van der Waals surface area contributed by atoms with Gasteiger partial charge in [0.1, 0.15) is 0 Å². The Bertz CT molecular complexity index is 160. The lowest BCUT2D eigenvalue weighted by Gasteiger charge is -2.31. The molecule has 0 radical (unpaired) electrons. The molecule has 0 saturated carbocycles. The summed E-state index contributed by atoms with van der Waals surface area (Å²) >= 11 is 0. The highest BCUT2D eigenvalue weighted by atomic mass is 15.1. The summed E-state index contributed by atoms with van der Waals surface area (Å²) in [6, 6.07) is 0. The lowest BCUT2D eigenvalue weighted by atomic mass is 9.97. The summed E-state index contributed by atoms with van der Waals surface area (Å²) in [5.41, 5.74) is 0. The van der Waals surface area contributed by atoms with Crippen molar-refractivity contribution >= 4 is 0 Å². The predicted octanol–water partition coefficient (Wildman–Crippen LogP) is 2.27. The molecule has 0 amide bonds. The van der Waals surface area contributed by atoms with E-state index in [9.17, 15) is 0 Å². The molecular formula is C13H26N2. The molecule has 1 N–H and O–H groups in total. The van der Waals surface area contributed by atoms with Crippen LogP contribution in [0.5, 0.6) is 0 Å². The molecule has 1 rings (SSSR count). The number of nitrogens with zero attached hydrogens (tertiary/aromatic N) is 1. The average Bonchev–Trinajstić information content (AvgIpc) is 2.30. The number of hydrogen-bond donors (Lipinski definition) is 1. The van der Waals surface area contributed by atoms with Crippen molar-refractivity contribution in [2.75, 3.05) is 32.7 Å². The number of rotatable bonds is 7. The van der Waals surface area contributed by atoms with Crippen LogP contribution >= 0.6 is 0 Å². The molecule has 0 atom stereocenters. The maximum absolute atomic E-state index is 3.73. The topological polar surface area (TPSA) is 15.3 Å². The third-order valence-electron chi connectivity index (χ3n) is 3.35. The van der Waals surface area contributed by atoms with Crippen molar-refractivity contribution in [2.45, 2.75) is 32.6 Å². The number of likely N-dealkylation sites (tertiary alicyclic amines) is 1. The van der Waals surface area contributed by atoms with Crippen molar-refractivity contribution in [3.05, 3.63) is 12.7 Å². The van der Waals surface area contributed by atoms with Crippen molar-refractivity contribution in [3.8, 4) is 0 Å². The molecule has 1 aliphatic heterocycles. The van der Waals surface area contributed by atoms with Gasteiger partial charge in [0.2, 0.25) is 0 Å². The Kier molecular flexibility index (Phi) is 6.69. The van der Waals surface area contributed by atoms with E-state index in [0.29, 0.717) is 0 Å².